The number of pyridine rings is 1. The van der Waals surface area contributed by atoms with Crippen molar-refractivity contribution >= 4 is 23.1 Å². The van der Waals surface area contributed by atoms with Crippen LogP contribution in [0.2, 0.25) is 0 Å². The highest BCUT2D eigenvalue weighted by Gasteiger charge is 2.03. The lowest BCUT2D eigenvalue weighted by atomic mass is 10.4. The third-order valence-corrected chi connectivity index (χ3v) is 3.77. The maximum atomic E-state index is 11.5. The Morgan fingerprint density at radius 2 is 2.12 bits per heavy atom. The molecule has 0 saturated carbocycles. The average molecular weight is 320 g/mol. The molecule has 6 heteroatoms. The van der Waals surface area contributed by atoms with E-state index in [9.17, 15) is 14.5 Å². The minimum atomic E-state index is -2.04. The summed E-state index contributed by atoms with van der Waals surface area (Å²) < 4.78 is 13.4. The highest BCUT2D eigenvalue weighted by Crippen LogP contribution is 2.35. The third kappa shape index (κ3) is 4.92. The van der Waals surface area contributed by atoms with Gasteiger partial charge in [-0.05, 0) is 29.3 Å². The van der Waals surface area contributed by atoms with Gasteiger partial charge in [-0.25, -0.2) is 0 Å². The monoisotopic (exact) mass is 319 g/mol. The van der Waals surface area contributed by atoms with Crippen LogP contribution in [0.1, 0.15) is 0 Å². The van der Waals surface area contributed by atoms with Crippen LogP contribution in [0.4, 0.5) is 0 Å². The molecular formula is C11H15BrNO3P. The second kappa shape index (κ2) is 5.69. The van der Waals surface area contributed by atoms with E-state index in [1.807, 2.05) is 6.08 Å². The Kier molecular flexibility index (Phi) is 4.78. The van der Waals surface area contributed by atoms with E-state index in [-0.39, 0.29) is 11.3 Å². The molecule has 0 fully saturated rings. The van der Waals surface area contributed by atoms with Gasteiger partial charge in [-0.3, -0.25) is 4.79 Å². The number of rotatable bonds is 4. The minimum absolute atomic E-state index is 0.0677. The molecular weight excluding hydrogens is 305 g/mol. The number of hydrogen-bond donors (Lipinski definition) is 1. The molecule has 0 aliphatic rings. The van der Waals surface area contributed by atoms with E-state index in [0.717, 1.165) is 6.07 Å². The summed E-state index contributed by atoms with van der Waals surface area (Å²) in [5, 5.41) is 9.29. The molecule has 0 spiro atoms. The topological polar surface area (TPSA) is 59.3 Å². The molecule has 0 radical (unpaired) electrons. The van der Waals surface area contributed by atoms with E-state index in [0.29, 0.717) is 17.2 Å². The molecule has 1 heterocycles. The Balaban J connectivity index is 2.74. The SMILES string of the molecule is CP(C)(=O)C/C=C/Cn1cc(Br)c(O)cc1=O. The van der Waals surface area contributed by atoms with Gasteiger partial charge in [-0.15, -0.1) is 0 Å². The van der Waals surface area contributed by atoms with Crippen LogP contribution in [0, 0.1) is 0 Å². The van der Waals surface area contributed by atoms with Crippen LogP contribution in [0.15, 0.2) is 33.7 Å². The molecule has 1 aromatic rings. The summed E-state index contributed by atoms with van der Waals surface area (Å²) >= 11 is 3.14. The summed E-state index contributed by atoms with van der Waals surface area (Å²) in [6, 6.07) is 1.16. The fraction of sp³-hybridized carbons (Fsp3) is 0.364. The molecule has 0 amide bonds. The van der Waals surface area contributed by atoms with E-state index in [2.05, 4.69) is 15.9 Å². The molecule has 4 nitrogen and oxygen atoms in total. The summed E-state index contributed by atoms with van der Waals surface area (Å²) in [4.78, 5) is 11.5. The summed E-state index contributed by atoms with van der Waals surface area (Å²) in [6.07, 6.45) is 5.67. The predicted molar refractivity (Wildman–Crippen MR) is 73.5 cm³/mol. The molecule has 0 unspecified atom stereocenters. The number of aromatic nitrogens is 1. The lowest BCUT2D eigenvalue weighted by Gasteiger charge is -2.04. The Labute approximate surface area is 108 Å². The van der Waals surface area contributed by atoms with Crippen molar-refractivity contribution in [2.75, 3.05) is 19.5 Å². The van der Waals surface area contributed by atoms with Crippen LogP contribution in [0.25, 0.3) is 0 Å². The molecule has 0 aromatic carbocycles. The van der Waals surface area contributed by atoms with Gasteiger partial charge >= 0.3 is 0 Å². The smallest absolute Gasteiger partial charge is 0.254 e. The van der Waals surface area contributed by atoms with E-state index in [1.165, 1.54) is 10.8 Å². The molecule has 0 atom stereocenters. The standard InChI is InChI=1S/C11H15BrNO3P/c1-17(2,16)6-4-3-5-13-8-9(12)10(14)7-11(13)15/h3-4,7-8,14H,5-6H2,1-2H3/b4-3+. The Morgan fingerprint density at radius 1 is 1.47 bits per heavy atom. The number of halogens is 1. The van der Waals surface area contributed by atoms with Gasteiger partial charge < -0.3 is 14.2 Å². The van der Waals surface area contributed by atoms with Gasteiger partial charge in [0.2, 0.25) is 0 Å². The van der Waals surface area contributed by atoms with Gasteiger partial charge in [0.1, 0.15) is 5.75 Å². The zero-order valence-corrected chi connectivity index (χ0v) is 12.2. The van der Waals surface area contributed by atoms with Crippen molar-refractivity contribution in [3.8, 4) is 5.75 Å². The first-order valence-corrected chi connectivity index (χ1v) is 8.65. The van der Waals surface area contributed by atoms with Crippen LogP contribution in [0.5, 0.6) is 5.75 Å². The lowest BCUT2D eigenvalue weighted by Crippen LogP contribution is -2.17. The fourth-order valence-corrected chi connectivity index (χ4v) is 2.21. The van der Waals surface area contributed by atoms with Crippen molar-refractivity contribution in [1.29, 1.82) is 0 Å². The Morgan fingerprint density at radius 3 is 2.71 bits per heavy atom. The van der Waals surface area contributed by atoms with Gasteiger partial charge in [0, 0.05) is 25.0 Å². The number of aromatic hydroxyl groups is 1. The molecule has 0 saturated heterocycles. The van der Waals surface area contributed by atoms with Gasteiger partial charge in [0.05, 0.1) is 11.6 Å². The molecule has 1 rings (SSSR count). The zero-order valence-electron chi connectivity index (χ0n) is 9.76. The first kappa shape index (κ1) is 14.3. The quantitative estimate of drug-likeness (QED) is 0.685. The van der Waals surface area contributed by atoms with Crippen molar-refractivity contribution in [3.63, 3.8) is 0 Å². The molecule has 94 valence electrons. The average Bonchev–Trinajstić information content (AvgIpc) is 2.18. The van der Waals surface area contributed by atoms with Gasteiger partial charge in [-0.2, -0.15) is 0 Å². The highest BCUT2D eigenvalue weighted by atomic mass is 79.9. The normalized spacial score (nSPS) is 12.2. The van der Waals surface area contributed by atoms with Crippen molar-refractivity contribution in [2.24, 2.45) is 0 Å². The predicted octanol–water partition coefficient (Wildman–Crippen LogP) is 2.50. The molecule has 0 bridgehead atoms. The first-order chi connectivity index (χ1) is 7.79. The van der Waals surface area contributed by atoms with Crippen LogP contribution in [-0.2, 0) is 11.1 Å². The summed E-state index contributed by atoms with van der Waals surface area (Å²) in [5.41, 5.74) is -0.272. The van der Waals surface area contributed by atoms with Crippen LogP contribution in [-0.4, -0.2) is 29.2 Å². The Bertz CT molecular complexity index is 530. The van der Waals surface area contributed by atoms with Crippen LogP contribution < -0.4 is 5.56 Å². The van der Waals surface area contributed by atoms with Gasteiger partial charge in [0.15, 0.2) is 0 Å². The summed E-state index contributed by atoms with van der Waals surface area (Å²) in [6.45, 7) is 3.85. The van der Waals surface area contributed by atoms with Crippen molar-refractivity contribution in [1.82, 2.24) is 4.57 Å². The van der Waals surface area contributed by atoms with Crippen LogP contribution >= 0.6 is 23.1 Å². The molecule has 17 heavy (non-hydrogen) atoms. The second-order valence-electron chi connectivity index (χ2n) is 4.23. The van der Waals surface area contributed by atoms with Crippen molar-refractivity contribution < 1.29 is 9.67 Å². The van der Waals surface area contributed by atoms with Crippen molar-refractivity contribution in [3.05, 3.63) is 39.2 Å². The maximum Gasteiger partial charge on any atom is 0.254 e. The van der Waals surface area contributed by atoms with E-state index >= 15 is 0 Å². The largest absolute Gasteiger partial charge is 0.507 e. The lowest BCUT2D eigenvalue weighted by molar-refractivity contribution is 0.467. The number of allylic oxidation sites excluding steroid dienone is 2. The molecule has 0 aliphatic carbocycles. The van der Waals surface area contributed by atoms with E-state index in [1.54, 1.807) is 19.4 Å². The molecule has 0 aliphatic heterocycles. The molecule has 1 N–H and O–H groups in total. The fourth-order valence-electron chi connectivity index (χ4n) is 1.19. The van der Waals surface area contributed by atoms with E-state index < -0.39 is 7.14 Å². The van der Waals surface area contributed by atoms with Gasteiger partial charge in [0.25, 0.3) is 5.56 Å². The number of hydrogen-bond acceptors (Lipinski definition) is 3. The number of nitrogens with zero attached hydrogens (tertiary/aromatic N) is 1. The molecule has 1 aromatic heterocycles. The van der Waals surface area contributed by atoms with Crippen LogP contribution in [0.3, 0.4) is 0 Å². The third-order valence-electron chi connectivity index (χ3n) is 2.07. The van der Waals surface area contributed by atoms with Gasteiger partial charge in [-0.1, -0.05) is 12.2 Å². The second-order valence-corrected chi connectivity index (χ2v) is 8.59. The van der Waals surface area contributed by atoms with Crippen molar-refractivity contribution in [2.45, 2.75) is 6.54 Å². The van der Waals surface area contributed by atoms with E-state index in [4.69, 9.17) is 0 Å². The summed E-state index contributed by atoms with van der Waals surface area (Å²) in [7, 11) is -2.04. The highest BCUT2D eigenvalue weighted by molar-refractivity contribution is 9.10. The summed E-state index contributed by atoms with van der Waals surface area (Å²) in [5.74, 6) is -0.0677. The first-order valence-electron chi connectivity index (χ1n) is 5.07. The maximum absolute atomic E-state index is 11.5. The zero-order chi connectivity index (χ0) is 13.1. The Hall–Kier alpha value is -0.800. The minimum Gasteiger partial charge on any atom is -0.507 e.